The highest BCUT2D eigenvalue weighted by Crippen LogP contribution is 2.48. The van der Waals surface area contributed by atoms with Crippen molar-refractivity contribution in [3.8, 4) is 34.5 Å². The van der Waals surface area contributed by atoms with Gasteiger partial charge in [-0.2, -0.15) is 0 Å². The molecule has 0 unspecified atom stereocenters. The van der Waals surface area contributed by atoms with Crippen LogP contribution in [0.1, 0.15) is 311 Å². The lowest BCUT2D eigenvalue weighted by Crippen LogP contribution is -2.15. The molecule has 18 heteroatoms. The van der Waals surface area contributed by atoms with Crippen molar-refractivity contribution in [2.75, 3.05) is 81.6 Å². The third-order valence-corrected chi connectivity index (χ3v) is 20.9. The van der Waals surface area contributed by atoms with Crippen molar-refractivity contribution < 1.29 is 57.2 Å². The van der Waals surface area contributed by atoms with E-state index in [0.29, 0.717) is 32.3 Å². The average Bonchev–Trinajstić information content (AvgIpc) is 0.724. The van der Waals surface area contributed by atoms with E-state index in [9.17, 15) is 28.8 Å². The second kappa shape index (κ2) is 61.2. The van der Waals surface area contributed by atoms with Crippen LogP contribution in [0.25, 0.3) is 32.3 Å². The molecular formula is C96H150N6O12. The molecule has 0 spiro atoms. The number of fused-ring (bicyclic) bond motifs is 6. The van der Waals surface area contributed by atoms with Crippen LogP contribution in [-0.4, -0.2) is 147 Å². The van der Waals surface area contributed by atoms with Crippen LogP contribution in [0.2, 0.25) is 0 Å². The van der Waals surface area contributed by atoms with Crippen LogP contribution in [0.5, 0.6) is 34.5 Å². The van der Waals surface area contributed by atoms with Crippen molar-refractivity contribution in [2.24, 2.45) is 0 Å². The molecule has 636 valence electrons. The van der Waals surface area contributed by atoms with E-state index in [-0.39, 0.29) is 34.5 Å². The van der Waals surface area contributed by atoms with Gasteiger partial charge in [0.05, 0.1) is 0 Å². The molecule has 4 rings (SSSR count). The fraction of sp³-hybridized carbons (Fsp3) is 0.625. The molecule has 0 aromatic heterocycles. The fourth-order valence-electron chi connectivity index (χ4n) is 13.8. The summed E-state index contributed by atoms with van der Waals surface area (Å²) in [5.41, 5.74) is 0. The molecule has 18 nitrogen and oxygen atoms in total. The fourth-order valence-corrected chi connectivity index (χ4v) is 13.8. The zero-order chi connectivity index (χ0) is 82.8. The van der Waals surface area contributed by atoms with Crippen LogP contribution in [0, 0.1) is 0 Å². The topological polar surface area (TPSA) is 177 Å². The number of benzene rings is 4. The smallest absolute Gasteiger partial charge is 0.337 e. The number of carbonyl (C=O) groups excluding carboxylic acids is 6. The van der Waals surface area contributed by atoms with E-state index in [1.807, 2.05) is 71.7 Å². The number of nitrogens with zero attached hydrogens (tertiary/aromatic N) is 6. The Balaban J connectivity index is 2.08. The zero-order valence-electron chi connectivity index (χ0n) is 72.9. The average molecular weight is 1580 g/mol. The largest absolute Gasteiger partial charge is 0.419 e. The first-order valence-corrected chi connectivity index (χ1v) is 44.5. The summed E-state index contributed by atoms with van der Waals surface area (Å²) in [5, 5.41) is 2.32. The molecule has 0 fully saturated rings. The third-order valence-electron chi connectivity index (χ3n) is 20.9. The molecule has 0 amide bonds. The van der Waals surface area contributed by atoms with Crippen molar-refractivity contribution in [3.63, 3.8) is 0 Å². The summed E-state index contributed by atoms with van der Waals surface area (Å²) in [5.74, 6) is -5.22. The van der Waals surface area contributed by atoms with E-state index in [0.717, 1.165) is 155 Å². The summed E-state index contributed by atoms with van der Waals surface area (Å²) in [7, 11) is 11.4. The highest BCUT2D eigenvalue weighted by atomic mass is 16.6. The standard InChI is InChI=1S/C96H150N6O12/c1-13-19-25-31-37-43-49-61-97(7)67-55-91(103)109-85-73-79-80(74-86(85)110-92(104)56-68-98(8)62-50-44-38-32-26-20-14-2)82-76-88(112-94(106)58-70-100(10)64-52-46-40-34-28-22-16-4)90(114-96(108)60-72-102(12)66-54-48-42-36-30-24-18-6)78-84(82)83-77-89(113-95(107)59-71-101(11)65-53-47-41-35-29-23-17-5)87(75-81(79)83)111-93(105)57-69-99(9)63-51-45-39-33-27-21-15-3/h55-60,67-78H,13-54,61-66H2,1-12H3/b67-55+,68-56+,69-57+,70-58+,71-59+,72-60+. The first-order valence-electron chi connectivity index (χ1n) is 44.5. The summed E-state index contributed by atoms with van der Waals surface area (Å²) in [6.07, 6.45) is 65.9. The van der Waals surface area contributed by atoms with Gasteiger partial charge in [-0.15, -0.1) is 0 Å². The van der Waals surface area contributed by atoms with E-state index in [2.05, 4.69) is 41.5 Å². The third kappa shape index (κ3) is 42.9. The van der Waals surface area contributed by atoms with Gasteiger partial charge in [0.1, 0.15) is 0 Å². The highest BCUT2D eigenvalue weighted by molar-refractivity contribution is 6.27. The molecule has 0 atom stereocenters. The Labute approximate surface area is 688 Å². The molecule has 0 N–H and O–H groups in total. The van der Waals surface area contributed by atoms with Crippen molar-refractivity contribution in [1.82, 2.24) is 29.4 Å². The predicted octanol–water partition coefficient (Wildman–Crippen LogP) is 23.8. The van der Waals surface area contributed by atoms with Gasteiger partial charge in [0.25, 0.3) is 0 Å². The number of hydrogen-bond acceptors (Lipinski definition) is 18. The molecule has 0 saturated carbocycles. The van der Waals surface area contributed by atoms with Crippen molar-refractivity contribution in [3.05, 3.63) is 110 Å². The van der Waals surface area contributed by atoms with Crippen LogP contribution in [0.3, 0.4) is 0 Å². The minimum absolute atomic E-state index is 0.121. The quantitative estimate of drug-likeness (QED) is 0.0134. The van der Waals surface area contributed by atoms with E-state index < -0.39 is 35.8 Å². The summed E-state index contributed by atoms with van der Waals surface area (Å²) in [6.45, 7) is 17.6. The van der Waals surface area contributed by atoms with Crippen LogP contribution < -0.4 is 28.4 Å². The molecule has 0 bridgehead atoms. The molecule has 0 aliphatic carbocycles. The van der Waals surface area contributed by atoms with Gasteiger partial charge in [0.15, 0.2) is 34.5 Å². The Kier molecular flexibility index (Phi) is 52.6. The number of unbranched alkanes of at least 4 members (excludes halogenated alkanes) is 36. The van der Waals surface area contributed by atoms with Gasteiger partial charge in [-0.25, -0.2) is 28.8 Å². The first kappa shape index (κ1) is 98.1. The lowest BCUT2D eigenvalue weighted by Gasteiger charge is -2.19. The van der Waals surface area contributed by atoms with Gasteiger partial charge in [-0.05, 0) is 107 Å². The summed E-state index contributed by atoms with van der Waals surface area (Å²) >= 11 is 0. The first-order chi connectivity index (χ1) is 55.3. The lowest BCUT2D eigenvalue weighted by molar-refractivity contribution is -0.131. The number of esters is 6. The SMILES string of the molecule is CCCCCCCCCN(C)/C=C/C(=O)Oc1cc2c3cc(OC(=O)/C=C/N(C)CCCCCCCCC)c(OC(=O)/C=C/N(C)CCCCCCCCC)cc3c3cc(OC(=O)/C=C/N(C)CCCCCCCCC)c(OC(=O)/C=C/N(C)CCCCCCCCC)cc3c2cc1OC(=O)/C=C/N(C)CCCCCCCCC. The second-order valence-electron chi connectivity index (χ2n) is 31.6. The Morgan fingerprint density at radius 1 is 0.202 bits per heavy atom. The molecule has 0 saturated heterocycles. The molecule has 4 aromatic rings. The maximum atomic E-state index is 14.4. The van der Waals surface area contributed by atoms with Gasteiger partial charge < -0.3 is 57.8 Å². The number of ether oxygens (including phenoxy) is 6. The van der Waals surface area contributed by atoms with E-state index in [4.69, 9.17) is 28.4 Å². The Morgan fingerprint density at radius 3 is 0.439 bits per heavy atom. The van der Waals surface area contributed by atoms with Crippen LogP contribution in [0.15, 0.2) is 110 Å². The van der Waals surface area contributed by atoms with E-state index >= 15 is 0 Å². The van der Waals surface area contributed by atoms with Crippen molar-refractivity contribution in [1.29, 1.82) is 0 Å². The van der Waals surface area contributed by atoms with E-state index in [1.54, 1.807) is 73.6 Å². The van der Waals surface area contributed by atoms with Crippen LogP contribution in [0.4, 0.5) is 0 Å². The highest BCUT2D eigenvalue weighted by Gasteiger charge is 2.25. The van der Waals surface area contributed by atoms with Gasteiger partial charge in [0, 0.05) is 155 Å². The van der Waals surface area contributed by atoms with Crippen molar-refractivity contribution in [2.45, 2.75) is 311 Å². The van der Waals surface area contributed by atoms with Crippen molar-refractivity contribution >= 4 is 68.1 Å². The maximum absolute atomic E-state index is 14.4. The number of rotatable bonds is 66. The molecule has 0 aliphatic heterocycles. The minimum Gasteiger partial charge on any atom is -0.419 e. The second-order valence-corrected chi connectivity index (χ2v) is 31.6. The van der Waals surface area contributed by atoms with Gasteiger partial charge in [0.2, 0.25) is 0 Å². The molecule has 4 aromatic carbocycles. The normalized spacial score (nSPS) is 11.8. The Hall–Kier alpha value is -8.28. The van der Waals surface area contributed by atoms with Gasteiger partial charge in [-0.3, -0.25) is 0 Å². The van der Waals surface area contributed by atoms with E-state index in [1.165, 1.54) is 191 Å². The summed E-state index contributed by atoms with van der Waals surface area (Å²) < 4.78 is 37.7. The zero-order valence-corrected chi connectivity index (χ0v) is 72.9. The van der Waals surface area contributed by atoms with Gasteiger partial charge in [-0.1, -0.05) is 273 Å². The molecular weight excluding hydrogens is 1430 g/mol. The van der Waals surface area contributed by atoms with Gasteiger partial charge >= 0.3 is 35.8 Å². The van der Waals surface area contributed by atoms with Crippen LogP contribution in [-0.2, 0) is 28.8 Å². The number of carbonyl (C=O) groups is 6. The maximum Gasteiger partial charge on any atom is 0.337 e. The molecule has 114 heavy (non-hydrogen) atoms. The summed E-state index contributed by atoms with van der Waals surface area (Å²) in [6, 6.07) is 9.51. The van der Waals surface area contributed by atoms with Crippen LogP contribution >= 0.6 is 0 Å². The summed E-state index contributed by atoms with van der Waals surface area (Å²) in [4.78, 5) is 97.8. The monoisotopic (exact) mass is 1580 g/mol. The molecule has 0 heterocycles. The predicted molar refractivity (Wildman–Crippen MR) is 471 cm³/mol. The Morgan fingerprint density at radius 2 is 0.316 bits per heavy atom. The molecule has 0 radical (unpaired) electrons. The lowest BCUT2D eigenvalue weighted by atomic mass is 9.93. The minimum atomic E-state index is -0.749. The Bertz CT molecular complexity index is 2970. The molecule has 0 aliphatic rings. The number of hydrogen-bond donors (Lipinski definition) is 0.